The Kier molecular flexibility index (Phi) is 5.50. The molecule has 0 saturated carbocycles. The van der Waals surface area contributed by atoms with Gasteiger partial charge in [0.15, 0.2) is 0 Å². The van der Waals surface area contributed by atoms with Crippen molar-refractivity contribution in [2.75, 3.05) is 13.2 Å². The van der Waals surface area contributed by atoms with E-state index in [4.69, 9.17) is 10.5 Å². The lowest BCUT2D eigenvalue weighted by atomic mass is 9.91. The zero-order chi connectivity index (χ0) is 16.9. The lowest BCUT2D eigenvalue weighted by Gasteiger charge is -2.17. The first-order valence-electron chi connectivity index (χ1n) is 8.06. The van der Waals surface area contributed by atoms with Gasteiger partial charge in [-0.05, 0) is 41.7 Å². The van der Waals surface area contributed by atoms with Crippen LogP contribution < -0.4 is 15.2 Å². The van der Waals surface area contributed by atoms with Crippen molar-refractivity contribution in [2.45, 2.75) is 24.8 Å². The third kappa shape index (κ3) is 4.14. The molecule has 0 radical (unpaired) electrons. The van der Waals surface area contributed by atoms with Gasteiger partial charge in [-0.3, -0.25) is 0 Å². The molecule has 24 heavy (non-hydrogen) atoms. The molecule has 1 aliphatic rings. The average Bonchev–Trinajstić information content (AvgIpc) is 2.88. The van der Waals surface area contributed by atoms with Crippen molar-refractivity contribution in [3.63, 3.8) is 0 Å². The highest BCUT2D eigenvalue weighted by Gasteiger charge is 2.30. The summed E-state index contributed by atoms with van der Waals surface area (Å²) in [5.41, 5.74) is 10.2. The van der Waals surface area contributed by atoms with E-state index in [2.05, 4.69) is 22.9 Å². The number of ether oxygens (including phenoxy) is 1. The summed E-state index contributed by atoms with van der Waals surface area (Å²) in [5, 5.41) is 0. The van der Waals surface area contributed by atoms with Crippen LogP contribution in [0, 0.1) is 0 Å². The van der Waals surface area contributed by atoms with Gasteiger partial charge in [-0.2, -0.15) is 0 Å². The highest BCUT2D eigenvalue weighted by atomic mass is 32.2. The quantitative estimate of drug-likeness (QED) is 0.523. The third-order valence-corrected chi connectivity index (χ3v) is 4.88. The molecular weight excluding hydrogens is 324 g/mol. The molecule has 0 aromatic heterocycles. The number of nitrogens with one attached hydrogen (secondary N) is 1. The van der Waals surface area contributed by atoms with Gasteiger partial charge >= 0.3 is 0 Å². The predicted molar refractivity (Wildman–Crippen MR) is 94.8 cm³/mol. The number of nitrogens with two attached hydrogens (primary N) is 1. The normalized spacial score (nSPS) is 19.4. The number of hydrogen-bond acceptors (Lipinski definition) is 4. The topological polar surface area (TPSA) is 81.4 Å². The third-order valence-electron chi connectivity index (χ3n) is 4.40. The van der Waals surface area contributed by atoms with Gasteiger partial charge in [-0.25, -0.2) is 13.1 Å². The van der Waals surface area contributed by atoms with Crippen molar-refractivity contribution in [2.24, 2.45) is 5.73 Å². The van der Waals surface area contributed by atoms with Gasteiger partial charge in [0.05, 0.1) is 0 Å². The van der Waals surface area contributed by atoms with Crippen molar-refractivity contribution in [1.82, 2.24) is 4.72 Å². The van der Waals surface area contributed by atoms with Crippen molar-refractivity contribution in [3.8, 4) is 5.75 Å². The van der Waals surface area contributed by atoms with Gasteiger partial charge in [0.1, 0.15) is 12.4 Å². The van der Waals surface area contributed by atoms with E-state index in [0.29, 0.717) is 6.61 Å². The number of thiol groups is 1. The molecule has 0 aliphatic heterocycles. The SMILES string of the molecule is NC1Cc2ccc(OCCN[SH](=O)=O)cc2C1Cc1ccccc1. The number of benzene rings is 2. The molecule has 2 unspecified atom stereocenters. The Morgan fingerprint density at radius 3 is 2.71 bits per heavy atom. The molecule has 3 N–H and O–H groups in total. The van der Waals surface area contributed by atoms with E-state index in [-0.39, 0.29) is 18.5 Å². The first-order chi connectivity index (χ1) is 11.6. The lowest BCUT2D eigenvalue weighted by Crippen LogP contribution is -2.26. The van der Waals surface area contributed by atoms with E-state index in [0.717, 1.165) is 18.6 Å². The summed E-state index contributed by atoms with van der Waals surface area (Å²) in [7, 11) is -2.57. The largest absolute Gasteiger partial charge is 0.492 e. The number of fused-ring (bicyclic) bond motifs is 1. The minimum atomic E-state index is -2.57. The van der Waals surface area contributed by atoms with Gasteiger partial charge in [0, 0.05) is 18.5 Å². The van der Waals surface area contributed by atoms with Crippen LogP contribution in [-0.4, -0.2) is 27.6 Å². The summed E-state index contributed by atoms with van der Waals surface area (Å²) in [6, 6.07) is 16.5. The molecule has 0 amide bonds. The van der Waals surface area contributed by atoms with Gasteiger partial charge in [-0.1, -0.05) is 36.4 Å². The standard InChI is InChI=1S/C18H22N2O3S/c19-18-11-14-6-7-15(23-9-8-20-24(21)22)12-16(14)17(18)10-13-4-2-1-3-5-13/h1-7,12,17-18,24H,8-11,19H2,(H,20,21,22). The molecule has 0 heterocycles. The minimum absolute atomic E-state index is 0.113. The fourth-order valence-electron chi connectivity index (χ4n) is 3.26. The summed E-state index contributed by atoms with van der Waals surface area (Å²) in [5.74, 6) is 1.03. The molecule has 128 valence electrons. The Hall–Kier alpha value is -1.89. The zero-order valence-electron chi connectivity index (χ0n) is 13.4. The molecule has 0 fully saturated rings. The van der Waals surface area contributed by atoms with E-state index in [1.807, 2.05) is 30.3 Å². The smallest absolute Gasteiger partial charge is 0.201 e. The molecule has 6 heteroatoms. The maximum Gasteiger partial charge on any atom is 0.201 e. The molecule has 2 aromatic rings. The summed E-state index contributed by atoms with van der Waals surface area (Å²) < 4.78 is 28.9. The van der Waals surface area contributed by atoms with E-state index >= 15 is 0 Å². The van der Waals surface area contributed by atoms with Crippen LogP contribution in [0.1, 0.15) is 22.6 Å². The summed E-state index contributed by atoms with van der Waals surface area (Å²) in [6.07, 6.45) is 1.79. The van der Waals surface area contributed by atoms with E-state index in [9.17, 15) is 8.42 Å². The minimum Gasteiger partial charge on any atom is -0.492 e. The van der Waals surface area contributed by atoms with Crippen LogP contribution in [0.5, 0.6) is 5.75 Å². The molecule has 0 bridgehead atoms. The van der Waals surface area contributed by atoms with Crippen molar-refractivity contribution < 1.29 is 13.2 Å². The molecule has 2 aromatic carbocycles. The second-order valence-corrected chi connectivity index (χ2v) is 6.87. The monoisotopic (exact) mass is 346 g/mol. The Balaban J connectivity index is 1.70. The van der Waals surface area contributed by atoms with E-state index in [1.54, 1.807) is 0 Å². The molecule has 3 rings (SSSR count). The fourth-order valence-corrected chi connectivity index (χ4v) is 3.53. The first-order valence-corrected chi connectivity index (χ1v) is 9.24. The average molecular weight is 346 g/mol. The van der Waals surface area contributed by atoms with Crippen molar-refractivity contribution >= 4 is 10.9 Å². The van der Waals surface area contributed by atoms with Crippen LogP contribution in [0.3, 0.4) is 0 Å². The van der Waals surface area contributed by atoms with Gasteiger partial charge in [0.25, 0.3) is 0 Å². The van der Waals surface area contributed by atoms with Crippen LogP contribution in [0.25, 0.3) is 0 Å². The van der Waals surface area contributed by atoms with Gasteiger partial charge in [-0.15, -0.1) is 0 Å². The lowest BCUT2D eigenvalue weighted by molar-refractivity contribution is 0.323. The Labute approximate surface area is 143 Å². The van der Waals surface area contributed by atoms with Crippen molar-refractivity contribution in [1.29, 1.82) is 0 Å². The van der Waals surface area contributed by atoms with Crippen molar-refractivity contribution in [3.05, 3.63) is 65.2 Å². The fraction of sp³-hybridized carbons (Fsp3) is 0.333. The second-order valence-electron chi connectivity index (χ2n) is 6.04. The summed E-state index contributed by atoms with van der Waals surface area (Å²) in [6.45, 7) is 0.570. The second kappa shape index (κ2) is 7.79. The predicted octanol–water partition coefficient (Wildman–Crippen LogP) is 1.39. The molecule has 0 spiro atoms. The molecule has 0 saturated heterocycles. The maximum absolute atomic E-state index is 10.5. The zero-order valence-corrected chi connectivity index (χ0v) is 14.2. The summed E-state index contributed by atoms with van der Waals surface area (Å²) >= 11 is 0. The molecular formula is C18H22N2O3S. The molecule has 1 aliphatic carbocycles. The number of rotatable bonds is 7. The Bertz CT molecular complexity index is 754. The highest BCUT2D eigenvalue weighted by Crippen LogP contribution is 2.37. The van der Waals surface area contributed by atoms with E-state index < -0.39 is 10.9 Å². The molecule has 5 nitrogen and oxygen atoms in total. The maximum atomic E-state index is 10.5. The van der Waals surface area contributed by atoms with Crippen LogP contribution in [0.15, 0.2) is 48.5 Å². The molecule has 2 atom stereocenters. The van der Waals surface area contributed by atoms with Gasteiger partial charge in [0.2, 0.25) is 10.9 Å². The Morgan fingerprint density at radius 2 is 1.96 bits per heavy atom. The van der Waals surface area contributed by atoms with Crippen LogP contribution in [0.2, 0.25) is 0 Å². The summed E-state index contributed by atoms with van der Waals surface area (Å²) in [4.78, 5) is 0. The number of hydrogen-bond donors (Lipinski definition) is 3. The van der Waals surface area contributed by atoms with Gasteiger partial charge < -0.3 is 10.5 Å². The van der Waals surface area contributed by atoms with E-state index in [1.165, 1.54) is 16.7 Å². The van der Waals surface area contributed by atoms with Crippen LogP contribution in [0.4, 0.5) is 0 Å². The Morgan fingerprint density at radius 1 is 1.17 bits per heavy atom. The first kappa shape index (κ1) is 17.0. The van der Waals surface area contributed by atoms with Crippen LogP contribution >= 0.6 is 0 Å². The van der Waals surface area contributed by atoms with Crippen LogP contribution in [-0.2, 0) is 23.7 Å². The highest BCUT2D eigenvalue weighted by molar-refractivity contribution is 7.70.